The van der Waals surface area contributed by atoms with Crippen molar-refractivity contribution in [3.63, 3.8) is 0 Å². The zero-order valence-corrected chi connectivity index (χ0v) is 15.2. The number of nitrogens with zero attached hydrogens (tertiary/aromatic N) is 2. The Labute approximate surface area is 158 Å². The van der Waals surface area contributed by atoms with Gasteiger partial charge in [0.05, 0.1) is 18.9 Å². The van der Waals surface area contributed by atoms with Gasteiger partial charge in [-0.3, -0.25) is 14.4 Å². The molecule has 2 amide bonds. The van der Waals surface area contributed by atoms with E-state index in [9.17, 15) is 18.8 Å². The van der Waals surface area contributed by atoms with Crippen molar-refractivity contribution in [2.24, 2.45) is 0 Å². The molecule has 0 spiro atoms. The first-order chi connectivity index (χ1) is 13.0. The number of thioether (sulfide) groups is 1. The summed E-state index contributed by atoms with van der Waals surface area (Å²) in [6, 6.07) is 5.08. The van der Waals surface area contributed by atoms with Gasteiger partial charge < -0.3 is 19.8 Å². The molecule has 27 heavy (non-hydrogen) atoms. The molecule has 0 unspecified atom stereocenters. The van der Waals surface area contributed by atoms with Crippen molar-refractivity contribution in [2.75, 3.05) is 18.9 Å². The van der Waals surface area contributed by atoms with E-state index in [1.54, 1.807) is 6.92 Å². The smallest absolute Gasteiger partial charge is 0.325 e. The second-order valence-electron chi connectivity index (χ2n) is 5.02. The average Bonchev–Trinajstić information content (AvgIpc) is 3.11. The van der Waals surface area contributed by atoms with Gasteiger partial charge >= 0.3 is 5.97 Å². The van der Waals surface area contributed by atoms with Crippen molar-refractivity contribution in [1.82, 2.24) is 20.8 Å². The SMILES string of the molecule is CCOC(=O)CNC(=O)CSc1nnc(CNC(=O)c2ccc(F)cc2)o1. The largest absolute Gasteiger partial charge is 0.465 e. The standard InChI is InChI=1S/C16H17FN4O5S/c1-2-25-14(23)8-18-12(22)9-27-16-21-20-13(26-16)7-19-15(24)10-3-5-11(17)6-4-10/h3-6H,2,7-9H2,1H3,(H,18,22)(H,19,24). The molecule has 144 valence electrons. The molecule has 2 aromatic rings. The van der Waals surface area contributed by atoms with Crippen LogP contribution in [-0.2, 0) is 20.9 Å². The summed E-state index contributed by atoms with van der Waals surface area (Å²) in [5.41, 5.74) is 0.295. The van der Waals surface area contributed by atoms with Gasteiger partial charge in [-0.25, -0.2) is 4.39 Å². The first kappa shape index (κ1) is 20.4. The summed E-state index contributed by atoms with van der Waals surface area (Å²) in [5.74, 6) is -1.63. The minimum Gasteiger partial charge on any atom is -0.465 e. The summed E-state index contributed by atoms with van der Waals surface area (Å²) in [4.78, 5) is 34.7. The van der Waals surface area contributed by atoms with Gasteiger partial charge in [0.2, 0.25) is 11.8 Å². The molecule has 0 saturated heterocycles. The van der Waals surface area contributed by atoms with E-state index in [-0.39, 0.29) is 36.6 Å². The lowest BCUT2D eigenvalue weighted by Crippen LogP contribution is -2.31. The van der Waals surface area contributed by atoms with Crippen LogP contribution in [0.25, 0.3) is 0 Å². The van der Waals surface area contributed by atoms with Gasteiger partial charge in [0.15, 0.2) is 0 Å². The highest BCUT2D eigenvalue weighted by Gasteiger charge is 2.12. The number of nitrogens with one attached hydrogen (secondary N) is 2. The molecule has 0 aliphatic rings. The predicted octanol–water partition coefficient (Wildman–Crippen LogP) is 0.910. The fourth-order valence-electron chi connectivity index (χ4n) is 1.79. The number of hydrogen-bond acceptors (Lipinski definition) is 8. The summed E-state index contributed by atoms with van der Waals surface area (Å²) < 4.78 is 22.8. The van der Waals surface area contributed by atoms with Crippen molar-refractivity contribution in [1.29, 1.82) is 0 Å². The van der Waals surface area contributed by atoms with E-state index >= 15 is 0 Å². The molecule has 1 aromatic heterocycles. The van der Waals surface area contributed by atoms with Crippen LogP contribution in [0.1, 0.15) is 23.2 Å². The lowest BCUT2D eigenvalue weighted by molar-refractivity contribution is -0.143. The number of halogens is 1. The predicted molar refractivity (Wildman–Crippen MR) is 92.2 cm³/mol. The highest BCUT2D eigenvalue weighted by Crippen LogP contribution is 2.15. The Morgan fingerprint density at radius 2 is 1.93 bits per heavy atom. The quantitative estimate of drug-likeness (QED) is 0.474. The van der Waals surface area contributed by atoms with E-state index in [0.717, 1.165) is 11.8 Å². The molecule has 0 atom stereocenters. The Hall–Kier alpha value is -2.95. The number of esters is 1. The Morgan fingerprint density at radius 3 is 2.63 bits per heavy atom. The first-order valence-electron chi connectivity index (χ1n) is 7.89. The summed E-state index contributed by atoms with van der Waals surface area (Å²) >= 11 is 0.988. The van der Waals surface area contributed by atoms with Crippen LogP contribution in [0.5, 0.6) is 0 Å². The van der Waals surface area contributed by atoms with Crippen molar-refractivity contribution < 1.29 is 27.9 Å². The van der Waals surface area contributed by atoms with Gasteiger partial charge in [0.25, 0.3) is 11.1 Å². The number of carbonyl (C=O) groups excluding carboxylic acids is 3. The van der Waals surface area contributed by atoms with Gasteiger partial charge in [0, 0.05) is 5.56 Å². The highest BCUT2D eigenvalue weighted by atomic mass is 32.2. The van der Waals surface area contributed by atoms with E-state index in [1.165, 1.54) is 24.3 Å². The minimum atomic E-state index is -0.521. The fourth-order valence-corrected chi connectivity index (χ4v) is 2.40. The van der Waals surface area contributed by atoms with Crippen molar-refractivity contribution in [3.8, 4) is 0 Å². The molecule has 0 radical (unpaired) electrons. The second kappa shape index (κ2) is 10.3. The van der Waals surface area contributed by atoms with Crippen LogP contribution in [0.2, 0.25) is 0 Å². The van der Waals surface area contributed by atoms with Crippen molar-refractivity contribution in [3.05, 3.63) is 41.5 Å². The molecule has 0 bridgehead atoms. The summed E-state index contributed by atoms with van der Waals surface area (Å²) in [5, 5.41) is 12.6. The molecular formula is C16H17FN4O5S. The van der Waals surface area contributed by atoms with Gasteiger partial charge in [-0.2, -0.15) is 0 Å². The Balaban J connectivity index is 1.72. The van der Waals surface area contributed by atoms with Crippen LogP contribution < -0.4 is 10.6 Å². The normalized spacial score (nSPS) is 10.3. The lowest BCUT2D eigenvalue weighted by atomic mass is 10.2. The molecule has 9 nitrogen and oxygen atoms in total. The van der Waals surface area contributed by atoms with E-state index in [2.05, 4.69) is 25.6 Å². The molecular weight excluding hydrogens is 379 g/mol. The fraction of sp³-hybridized carbons (Fsp3) is 0.312. The molecule has 11 heteroatoms. The third kappa shape index (κ3) is 7.05. The number of aromatic nitrogens is 2. The zero-order chi connectivity index (χ0) is 19.6. The molecule has 0 saturated carbocycles. The Kier molecular flexibility index (Phi) is 7.74. The molecule has 0 fully saturated rings. The third-order valence-electron chi connectivity index (χ3n) is 3.02. The van der Waals surface area contributed by atoms with Crippen molar-refractivity contribution in [2.45, 2.75) is 18.7 Å². The van der Waals surface area contributed by atoms with Crippen LogP contribution in [0.4, 0.5) is 4.39 Å². The monoisotopic (exact) mass is 396 g/mol. The Bertz CT molecular complexity index is 796. The van der Waals surface area contributed by atoms with Gasteiger partial charge in [-0.1, -0.05) is 11.8 Å². The van der Waals surface area contributed by atoms with E-state index in [1.807, 2.05) is 0 Å². The van der Waals surface area contributed by atoms with Crippen LogP contribution >= 0.6 is 11.8 Å². The molecule has 2 N–H and O–H groups in total. The van der Waals surface area contributed by atoms with E-state index in [4.69, 9.17) is 4.42 Å². The molecule has 1 aromatic carbocycles. The minimum absolute atomic E-state index is 0.0151. The Morgan fingerprint density at radius 1 is 1.19 bits per heavy atom. The van der Waals surface area contributed by atoms with Crippen LogP contribution in [0, 0.1) is 5.82 Å². The molecule has 1 heterocycles. The maximum Gasteiger partial charge on any atom is 0.325 e. The lowest BCUT2D eigenvalue weighted by Gasteiger charge is -2.03. The average molecular weight is 396 g/mol. The second-order valence-corrected chi connectivity index (χ2v) is 5.95. The number of benzene rings is 1. The maximum atomic E-state index is 12.8. The van der Waals surface area contributed by atoms with Crippen LogP contribution in [0.15, 0.2) is 33.9 Å². The third-order valence-corrected chi connectivity index (χ3v) is 3.84. The first-order valence-corrected chi connectivity index (χ1v) is 8.87. The highest BCUT2D eigenvalue weighted by molar-refractivity contribution is 7.99. The molecule has 2 rings (SSSR count). The molecule has 0 aliphatic carbocycles. The number of rotatable bonds is 9. The van der Waals surface area contributed by atoms with Gasteiger partial charge in [0.1, 0.15) is 12.4 Å². The van der Waals surface area contributed by atoms with Gasteiger partial charge in [-0.05, 0) is 31.2 Å². The van der Waals surface area contributed by atoms with Gasteiger partial charge in [-0.15, -0.1) is 10.2 Å². The summed E-state index contributed by atoms with van der Waals surface area (Å²) in [7, 11) is 0. The zero-order valence-electron chi connectivity index (χ0n) is 14.4. The number of carbonyl (C=O) groups is 3. The number of amides is 2. The maximum absolute atomic E-state index is 12.8. The summed E-state index contributed by atoms with van der Waals surface area (Å²) in [6.45, 7) is 1.69. The van der Waals surface area contributed by atoms with Crippen LogP contribution in [-0.4, -0.2) is 46.9 Å². The topological polar surface area (TPSA) is 123 Å². The van der Waals surface area contributed by atoms with E-state index in [0.29, 0.717) is 5.56 Å². The number of ether oxygens (including phenoxy) is 1. The number of hydrogen-bond donors (Lipinski definition) is 2. The van der Waals surface area contributed by atoms with Crippen LogP contribution in [0.3, 0.4) is 0 Å². The summed E-state index contributed by atoms with van der Waals surface area (Å²) in [6.07, 6.45) is 0. The van der Waals surface area contributed by atoms with E-state index < -0.39 is 23.6 Å². The van der Waals surface area contributed by atoms with Crippen molar-refractivity contribution >= 4 is 29.5 Å². The molecule has 0 aliphatic heterocycles.